The molecule has 0 amide bonds. The summed E-state index contributed by atoms with van der Waals surface area (Å²) in [5.74, 6) is 0.590. The smallest absolute Gasteiger partial charge is 0.145 e. The summed E-state index contributed by atoms with van der Waals surface area (Å²) in [7, 11) is 0. The topological polar surface area (TPSA) is 57.1 Å². The van der Waals surface area contributed by atoms with Crippen LogP contribution in [0.3, 0.4) is 0 Å². The number of hydrogen-bond acceptors (Lipinski definition) is 5. The van der Waals surface area contributed by atoms with Gasteiger partial charge in [-0.25, -0.2) is 9.40 Å². The lowest BCUT2D eigenvalue weighted by Crippen LogP contribution is -2.64. The molecule has 142 valence electrons. The molecular weight excluding hydrogens is 345 g/mol. The second kappa shape index (κ2) is 7.03. The van der Waals surface area contributed by atoms with E-state index in [2.05, 4.69) is 5.43 Å². The van der Waals surface area contributed by atoms with Crippen LogP contribution in [0, 0.1) is 5.82 Å². The first-order valence-electron chi connectivity index (χ1n) is 9.22. The van der Waals surface area contributed by atoms with Gasteiger partial charge in [-0.05, 0) is 44.1 Å². The van der Waals surface area contributed by atoms with Gasteiger partial charge in [0.15, 0.2) is 0 Å². The van der Waals surface area contributed by atoms with Crippen LogP contribution in [-0.4, -0.2) is 40.2 Å². The Morgan fingerprint density at radius 3 is 3.00 bits per heavy atom. The van der Waals surface area contributed by atoms with E-state index in [1.54, 1.807) is 18.4 Å². The van der Waals surface area contributed by atoms with Crippen molar-refractivity contribution in [3.05, 3.63) is 71.5 Å². The Kier molecular flexibility index (Phi) is 4.72. The Morgan fingerprint density at radius 1 is 1.37 bits per heavy atom. The van der Waals surface area contributed by atoms with E-state index in [0.29, 0.717) is 24.9 Å². The molecule has 1 aliphatic carbocycles. The van der Waals surface area contributed by atoms with Crippen molar-refractivity contribution in [3.63, 3.8) is 0 Å². The Labute approximate surface area is 158 Å². The van der Waals surface area contributed by atoms with E-state index in [1.807, 2.05) is 43.2 Å². The van der Waals surface area contributed by atoms with Crippen molar-refractivity contribution >= 4 is 5.71 Å². The van der Waals surface area contributed by atoms with Crippen LogP contribution >= 0.6 is 0 Å². The lowest BCUT2D eigenvalue weighted by molar-refractivity contribution is -0.0832. The molecule has 2 N–H and O–H groups in total. The number of nitrogens with zero attached hydrogens (tertiary/aromatic N) is 2. The van der Waals surface area contributed by atoms with Crippen molar-refractivity contribution in [3.8, 4) is 0 Å². The highest BCUT2D eigenvalue weighted by atomic mass is 19.1. The fourth-order valence-corrected chi connectivity index (χ4v) is 3.73. The Bertz CT molecular complexity index is 857. The molecule has 27 heavy (non-hydrogen) atoms. The van der Waals surface area contributed by atoms with Crippen molar-refractivity contribution in [1.82, 2.24) is 10.4 Å². The van der Waals surface area contributed by atoms with Crippen molar-refractivity contribution in [2.24, 2.45) is 4.99 Å². The van der Waals surface area contributed by atoms with Crippen molar-refractivity contribution in [1.29, 1.82) is 0 Å². The maximum Gasteiger partial charge on any atom is 0.145 e. The molecule has 2 atom stereocenters. The SMILES string of the molecule is CC1(C)N=C2CC3=CC=COC3=CC2N(NCCc2ccccc2F)[C@@H]1O. The van der Waals surface area contributed by atoms with Gasteiger partial charge in [0.05, 0.1) is 17.8 Å². The molecule has 2 aliphatic heterocycles. The summed E-state index contributed by atoms with van der Waals surface area (Å²) in [5.41, 5.74) is 5.37. The average molecular weight is 369 g/mol. The molecule has 4 rings (SSSR count). The van der Waals surface area contributed by atoms with Gasteiger partial charge in [-0.2, -0.15) is 0 Å². The third kappa shape index (κ3) is 3.48. The number of aliphatic imine (C=N–C) groups is 1. The van der Waals surface area contributed by atoms with E-state index >= 15 is 0 Å². The van der Waals surface area contributed by atoms with E-state index in [-0.39, 0.29) is 11.9 Å². The van der Waals surface area contributed by atoms with Crippen LogP contribution in [0.1, 0.15) is 25.8 Å². The zero-order valence-corrected chi connectivity index (χ0v) is 15.5. The monoisotopic (exact) mass is 369 g/mol. The van der Waals surface area contributed by atoms with Crippen LogP contribution < -0.4 is 5.43 Å². The number of hydrogen-bond donors (Lipinski definition) is 2. The van der Waals surface area contributed by atoms with Crippen molar-refractivity contribution in [2.75, 3.05) is 6.54 Å². The highest BCUT2D eigenvalue weighted by Crippen LogP contribution is 2.34. The van der Waals surface area contributed by atoms with Gasteiger partial charge in [0.1, 0.15) is 17.8 Å². The molecule has 1 unspecified atom stereocenters. The van der Waals surface area contributed by atoms with Gasteiger partial charge in [0.2, 0.25) is 0 Å². The lowest BCUT2D eigenvalue weighted by Gasteiger charge is -2.46. The third-order valence-electron chi connectivity index (χ3n) is 5.18. The van der Waals surface area contributed by atoms with Gasteiger partial charge in [-0.15, -0.1) is 0 Å². The number of aliphatic hydroxyl groups excluding tert-OH is 1. The number of hydrazine groups is 1. The van der Waals surface area contributed by atoms with Crippen LogP contribution in [-0.2, 0) is 11.2 Å². The summed E-state index contributed by atoms with van der Waals surface area (Å²) < 4.78 is 19.5. The van der Waals surface area contributed by atoms with E-state index in [1.165, 1.54) is 6.07 Å². The molecule has 0 saturated carbocycles. The maximum atomic E-state index is 13.9. The van der Waals surface area contributed by atoms with Gasteiger partial charge < -0.3 is 9.84 Å². The molecule has 6 heteroatoms. The average Bonchev–Trinajstić information content (AvgIpc) is 2.65. The van der Waals surface area contributed by atoms with Gasteiger partial charge in [0, 0.05) is 24.3 Å². The highest BCUT2D eigenvalue weighted by molar-refractivity contribution is 5.96. The molecule has 2 heterocycles. The number of ether oxygens (including phenoxy) is 1. The first-order valence-corrected chi connectivity index (χ1v) is 9.22. The first kappa shape index (κ1) is 18.1. The molecule has 0 spiro atoms. The van der Waals surface area contributed by atoms with Gasteiger partial charge in [0.25, 0.3) is 0 Å². The van der Waals surface area contributed by atoms with Crippen molar-refractivity contribution < 1.29 is 14.2 Å². The molecule has 0 radical (unpaired) electrons. The Morgan fingerprint density at radius 2 is 2.19 bits per heavy atom. The standard InChI is InChI=1S/C21H24FN3O2/c1-21(2)20(26)25(23-10-9-14-6-3-4-8-16(14)22)18-13-19-15(7-5-11-27-19)12-17(18)24-21/h3-8,11,13,18,20,23,26H,9-10,12H2,1-2H3/t18?,20-/m1/s1. The molecule has 0 aromatic heterocycles. The number of aliphatic hydroxyl groups is 1. The third-order valence-corrected chi connectivity index (χ3v) is 5.18. The fourth-order valence-electron chi connectivity index (χ4n) is 3.73. The second-order valence-electron chi connectivity index (χ2n) is 7.58. The molecule has 0 bridgehead atoms. The Hall–Kier alpha value is -2.28. The van der Waals surface area contributed by atoms with Gasteiger partial charge >= 0.3 is 0 Å². The summed E-state index contributed by atoms with van der Waals surface area (Å²) >= 11 is 0. The predicted octanol–water partition coefficient (Wildman–Crippen LogP) is 2.85. The van der Waals surface area contributed by atoms with Gasteiger partial charge in [-0.1, -0.05) is 24.3 Å². The second-order valence-corrected chi connectivity index (χ2v) is 7.58. The summed E-state index contributed by atoms with van der Waals surface area (Å²) in [4.78, 5) is 4.80. The minimum atomic E-state index is -0.812. The number of benzene rings is 1. The maximum absolute atomic E-state index is 13.9. The number of halogens is 1. The molecule has 0 saturated heterocycles. The zero-order valence-electron chi connectivity index (χ0n) is 15.5. The zero-order chi connectivity index (χ0) is 19.0. The summed E-state index contributed by atoms with van der Waals surface area (Å²) in [6.45, 7) is 4.33. The molecule has 3 aliphatic rings. The largest absolute Gasteiger partial charge is 0.465 e. The number of fused-ring (bicyclic) bond motifs is 2. The van der Waals surface area contributed by atoms with Crippen LogP contribution in [0.5, 0.6) is 0 Å². The molecule has 0 fully saturated rings. The summed E-state index contributed by atoms with van der Waals surface area (Å²) in [5, 5.41) is 12.7. The molecular formula is C21H24FN3O2. The Balaban J connectivity index is 1.55. The van der Waals surface area contributed by atoms with Crippen LogP contribution in [0.2, 0.25) is 0 Å². The quantitative estimate of drug-likeness (QED) is 0.857. The summed E-state index contributed by atoms with van der Waals surface area (Å²) in [6.07, 6.45) is 7.93. The number of rotatable bonds is 4. The minimum absolute atomic E-state index is 0.202. The number of allylic oxidation sites excluding steroid dienone is 3. The van der Waals surface area contributed by atoms with E-state index in [0.717, 1.165) is 17.0 Å². The van der Waals surface area contributed by atoms with Crippen molar-refractivity contribution in [2.45, 2.75) is 44.5 Å². The predicted molar refractivity (Wildman–Crippen MR) is 102 cm³/mol. The normalized spacial score (nSPS) is 26.3. The van der Waals surface area contributed by atoms with Gasteiger partial charge in [-0.3, -0.25) is 10.4 Å². The first-order chi connectivity index (χ1) is 13.0. The molecule has 5 nitrogen and oxygen atoms in total. The minimum Gasteiger partial charge on any atom is -0.465 e. The fraction of sp³-hybridized carbons (Fsp3) is 0.381. The van der Waals surface area contributed by atoms with E-state index in [4.69, 9.17) is 9.73 Å². The van der Waals surface area contributed by atoms with Crippen LogP contribution in [0.15, 0.2) is 65.1 Å². The molecule has 1 aromatic rings. The lowest BCUT2D eigenvalue weighted by atomic mass is 9.88. The highest BCUT2D eigenvalue weighted by Gasteiger charge is 2.44. The summed E-state index contributed by atoms with van der Waals surface area (Å²) in [6, 6.07) is 6.56. The van der Waals surface area contributed by atoms with Crippen LogP contribution in [0.4, 0.5) is 4.39 Å². The van der Waals surface area contributed by atoms with E-state index in [9.17, 15) is 9.50 Å². The van der Waals surface area contributed by atoms with E-state index < -0.39 is 11.8 Å². The number of nitrogens with one attached hydrogen (secondary N) is 1. The van der Waals surface area contributed by atoms with Crippen LogP contribution in [0.25, 0.3) is 0 Å². The molecule has 1 aromatic carbocycles.